The first-order valence-corrected chi connectivity index (χ1v) is 10.5. The van der Waals surface area contributed by atoms with E-state index in [0.717, 1.165) is 45.8 Å². The molecule has 4 aromatic rings. The number of hydrogen-bond donors (Lipinski definition) is 0. The van der Waals surface area contributed by atoms with Crippen LogP contribution in [0.25, 0.3) is 21.3 Å². The largest absolute Gasteiger partial charge is 0.376 e. The zero-order valence-corrected chi connectivity index (χ0v) is 16.3. The first-order valence-electron chi connectivity index (χ1n) is 8.82. The smallest absolute Gasteiger partial charge is 0.215 e. The van der Waals surface area contributed by atoms with Gasteiger partial charge >= 0.3 is 0 Å². The molecule has 0 amide bonds. The summed E-state index contributed by atoms with van der Waals surface area (Å²) in [5.41, 5.74) is 1.89. The lowest BCUT2D eigenvalue weighted by molar-refractivity contribution is 0.0912. The molecule has 1 aromatic carbocycles. The molecule has 0 unspecified atom stereocenters. The second-order valence-corrected chi connectivity index (χ2v) is 8.21. The molecule has 10 heteroatoms. The summed E-state index contributed by atoms with van der Waals surface area (Å²) in [7, 11) is 0. The van der Waals surface area contributed by atoms with Gasteiger partial charge in [0.25, 0.3) is 0 Å². The first-order chi connectivity index (χ1) is 13.8. The average Bonchev–Trinajstić information content (AvgIpc) is 3.45. The Morgan fingerprint density at radius 3 is 2.96 bits per heavy atom. The van der Waals surface area contributed by atoms with Gasteiger partial charge in [0.15, 0.2) is 0 Å². The summed E-state index contributed by atoms with van der Waals surface area (Å²) in [5, 5.41) is 16.5. The summed E-state index contributed by atoms with van der Waals surface area (Å²) < 4.78 is 20.8. The Balaban J connectivity index is 1.51. The van der Waals surface area contributed by atoms with Crippen molar-refractivity contribution >= 4 is 33.3 Å². The van der Waals surface area contributed by atoms with Gasteiger partial charge in [-0.25, -0.2) is 19.0 Å². The van der Waals surface area contributed by atoms with E-state index >= 15 is 0 Å². The van der Waals surface area contributed by atoms with Crippen LogP contribution in [0.15, 0.2) is 46.2 Å². The summed E-state index contributed by atoms with van der Waals surface area (Å²) in [6.45, 7) is 1.41. The summed E-state index contributed by atoms with van der Waals surface area (Å²) in [4.78, 5) is 9.73. The lowest BCUT2D eigenvalue weighted by Gasteiger charge is -2.10. The number of aromatic nitrogens is 6. The van der Waals surface area contributed by atoms with Crippen molar-refractivity contribution in [3.63, 3.8) is 0 Å². The topological polar surface area (TPSA) is 78.6 Å². The van der Waals surface area contributed by atoms with E-state index in [1.807, 2.05) is 5.38 Å². The maximum Gasteiger partial charge on any atom is 0.215 e. The highest BCUT2D eigenvalue weighted by atomic mass is 32.2. The minimum Gasteiger partial charge on any atom is -0.376 e. The molecule has 1 saturated heterocycles. The molecule has 1 aliphatic heterocycles. The van der Waals surface area contributed by atoms with Gasteiger partial charge in [0, 0.05) is 17.6 Å². The molecule has 28 heavy (non-hydrogen) atoms. The Morgan fingerprint density at radius 1 is 1.25 bits per heavy atom. The molecule has 4 heterocycles. The fraction of sp³-hybridized carbons (Fsp3) is 0.278. The molecule has 3 aromatic heterocycles. The second-order valence-electron chi connectivity index (χ2n) is 6.40. The van der Waals surface area contributed by atoms with Gasteiger partial charge in [0.05, 0.1) is 18.0 Å². The van der Waals surface area contributed by atoms with Crippen LogP contribution in [0.2, 0.25) is 0 Å². The van der Waals surface area contributed by atoms with Crippen molar-refractivity contribution < 1.29 is 9.13 Å². The van der Waals surface area contributed by atoms with Crippen LogP contribution >= 0.6 is 23.1 Å². The third-order valence-corrected chi connectivity index (χ3v) is 6.44. The highest BCUT2D eigenvalue weighted by Gasteiger charge is 2.21. The summed E-state index contributed by atoms with van der Waals surface area (Å²) in [6, 6.07) is 6.44. The van der Waals surface area contributed by atoms with Crippen LogP contribution in [0, 0.1) is 5.82 Å². The van der Waals surface area contributed by atoms with Crippen molar-refractivity contribution in [2.24, 2.45) is 0 Å². The van der Waals surface area contributed by atoms with Crippen molar-refractivity contribution in [2.45, 2.75) is 35.7 Å². The van der Waals surface area contributed by atoms with Crippen LogP contribution in [0.4, 0.5) is 4.39 Å². The molecule has 0 spiro atoms. The number of benzene rings is 1. The zero-order chi connectivity index (χ0) is 18.9. The van der Waals surface area contributed by atoms with Crippen LogP contribution in [-0.2, 0) is 11.3 Å². The lowest BCUT2D eigenvalue weighted by Crippen LogP contribution is -2.16. The number of ether oxygens (including phenoxy) is 1. The van der Waals surface area contributed by atoms with Crippen LogP contribution < -0.4 is 0 Å². The number of nitrogens with zero attached hydrogens (tertiary/aromatic N) is 6. The standard InChI is InChI=1S/C18H15FN6OS2/c19-12-5-3-11(4-6-12)14-9-27-16-15(14)17(21-10-20-16)28-18-22-23-24-25(18)8-13-2-1-7-26-13/h3-6,9-10,13H,1-2,7-8H2/t13-/m0/s1. The molecule has 0 bridgehead atoms. The molecule has 0 saturated carbocycles. The Labute approximate surface area is 168 Å². The van der Waals surface area contributed by atoms with E-state index < -0.39 is 0 Å². The summed E-state index contributed by atoms with van der Waals surface area (Å²) in [6.07, 6.45) is 3.77. The van der Waals surface area contributed by atoms with Gasteiger partial charge in [0.2, 0.25) is 5.16 Å². The Bertz CT molecular complexity index is 1110. The Morgan fingerprint density at radius 2 is 2.14 bits per heavy atom. The molecule has 7 nitrogen and oxygen atoms in total. The number of rotatable bonds is 5. The van der Waals surface area contributed by atoms with Gasteiger partial charge in [-0.05, 0) is 52.7 Å². The quantitative estimate of drug-likeness (QED) is 0.460. The predicted octanol–water partition coefficient (Wildman–Crippen LogP) is 3.81. The molecule has 0 N–H and O–H groups in total. The number of thiophene rings is 1. The molecule has 142 valence electrons. The molecule has 1 aliphatic rings. The summed E-state index contributed by atoms with van der Waals surface area (Å²) in [5.74, 6) is -0.262. The SMILES string of the molecule is Fc1ccc(-c2csc3ncnc(Sc4nnnn4C[C@@H]4CCCO4)c23)cc1. The number of hydrogen-bond acceptors (Lipinski definition) is 8. The van der Waals surface area contributed by atoms with Gasteiger partial charge < -0.3 is 4.74 Å². The highest BCUT2D eigenvalue weighted by molar-refractivity contribution is 7.99. The maximum absolute atomic E-state index is 13.3. The van der Waals surface area contributed by atoms with Gasteiger partial charge in [-0.15, -0.1) is 16.4 Å². The normalized spacial score (nSPS) is 16.8. The minimum absolute atomic E-state index is 0.143. The van der Waals surface area contributed by atoms with E-state index in [2.05, 4.69) is 25.5 Å². The third-order valence-electron chi connectivity index (χ3n) is 4.58. The van der Waals surface area contributed by atoms with Crippen LogP contribution in [-0.4, -0.2) is 42.9 Å². The van der Waals surface area contributed by atoms with E-state index in [1.54, 1.807) is 23.1 Å². The van der Waals surface area contributed by atoms with Crippen molar-refractivity contribution in [3.05, 3.63) is 41.8 Å². The van der Waals surface area contributed by atoms with E-state index in [9.17, 15) is 4.39 Å². The zero-order valence-electron chi connectivity index (χ0n) is 14.7. The van der Waals surface area contributed by atoms with Crippen LogP contribution in [0.1, 0.15) is 12.8 Å². The monoisotopic (exact) mass is 414 g/mol. The van der Waals surface area contributed by atoms with Gasteiger partial charge in [-0.1, -0.05) is 12.1 Å². The second kappa shape index (κ2) is 7.53. The van der Waals surface area contributed by atoms with Crippen molar-refractivity contribution in [2.75, 3.05) is 6.61 Å². The average molecular weight is 414 g/mol. The van der Waals surface area contributed by atoms with Crippen molar-refractivity contribution in [1.29, 1.82) is 0 Å². The van der Waals surface area contributed by atoms with E-state index in [-0.39, 0.29) is 11.9 Å². The van der Waals surface area contributed by atoms with Crippen molar-refractivity contribution in [1.82, 2.24) is 30.2 Å². The van der Waals surface area contributed by atoms with Gasteiger partial charge in [-0.2, -0.15) is 0 Å². The molecular formula is C18H15FN6OS2. The third kappa shape index (κ3) is 3.38. The molecule has 0 radical (unpaired) electrons. The Hall–Kier alpha value is -2.43. The maximum atomic E-state index is 13.3. The molecule has 5 rings (SSSR count). The minimum atomic E-state index is -0.262. The number of tetrazole rings is 1. The van der Waals surface area contributed by atoms with Gasteiger partial charge in [0.1, 0.15) is 22.0 Å². The van der Waals surface area contributed by atoms with Crippen LogP contribution in [0.5, 0.6) is 0 Å². The molecule has 1 fully saturated rings. The van der Waals surface area contributed by atoms with Gasteiger partial charge in [-0.3, -0.25) is 0 Å². The number of fused-ring (bicyclic) bond motifs is 1. The molecular weight excluding hydrogens is 399 g/mol. The first kappa shape index (κ1) is 17.7. The van der Waals surface area contributed by atoms with E-state index in [1.165, 1.54) is 35.2 Å². The highest BCUT2D eigenvalue weighted by Crippen LogP contribution is 2.39. The van der Waals surface area contributed by atoms with Crippen LogP contribution in [0.3, 0.4) is 0 Å². The summed E-state index contributed by atoms with van der Waals surface area (Å²) >= 11 is 2.94. The van der Waals surface area contributed by atoms with E-state index in [4.69, 9.17) is 4.74 Å². The predicted molar refractivity (Wildman–Crippen MR) is 104 cm³/mol. The number of halogens is 1. The molecule has 1 atom stereocenters. The van der Waals surface area contributed by atoms with E-state index in [0.29, 0.717) is 11.7 Å². The lowest BCUT2D eigenvalue weighted by atomic mass is 10.1. The fourth-order valence-corrected chi connectivity index (χ4v) is 5.07. The fourth-order valence-electron chi connectivity index (χ4n) is 3.22. The Kier molecular flexibility index (Phi) is 4.75. The molecule has 0 aliphatic carbocycles. The van der Waals surface area contributed by atoms with Crippen molar-refractivity contribution in [3.8, 4) is 11.1 Å².